The molecule has 0 N–H and O–H groups in total. The Balaban J connectivity index is 1.48. The molecule has 10 heteroatoms. The Kier molecular flexibility index (Phi) is 6.38. The highest BCUT2D eigenvalue weighted by Gasteiger charge is 2.29. The van der Waals surface area contributed by atoms with Crippen LogP contribution in [0, 0.1) is 0 Å². The molecule has 7 nitrogen and oxygen atoms in total. The Morgan fingerprint density at radius 2 is 1.81 bits per heavy atom. The van der Waals surface area contributed by atoms with Gasteiger partial charge in [0.2, 0.25) is 10.0 Å². The van der Waals surface area contributed by atoms with Crippen molar-refractivity contribution >= 4 is 38.1 Å². The Morgan fingerprint density at radius 3 is 2.48 bits per heavy atom. The van der Waals surface area contributed by atoms with Crippen LogP contribution in [0.3, 0.4) is 0 Å². The monoisotopic (exact) mass is 479 g/mol. The Hall–Kier alpha value is -2.33. The molecule has 3 aromatic rings. The van der Waals surface area contributed by atoms with Crippen molar-refractivity contribution in [2.75, 3.05) is 45.3 Å². The second kappa shape index (κ2) is 9.04. The SMILES string of the molecule is COc1ccc(-c2csc(N3CCN(S(=O)(=O)c4cccc(Cl)c4)CC3)n2)c(OC)c1. The van der Waals surface area contributed by atoms with Crippen LogP contribution in [0.1, 0.15) is 0 Å². The van der Waals surface area contributed by atoms with E-state index in [0.29, 0.717) is 42.7 Å². The summed E-state index contributed by atoms with van der Waals surface area (Å²) in [6.07, 6.45) is 0. The van der Waals surface area contributed by atoms with E-state index in [0.717, 1.165) is 16.4 Å². The highest BCUT2D eigenvalue weighted by molar-refractivity contribution is 7.89. The molecule has 0 unspecified atom stereocenters. The van der Waals surface area contributed by atoms with Crippen molar-refractivity contribution in [3.8, 4) is 22.8 Å². The highest BCUT2D eigenvalue weighted by Crippen LogP contribution is 2.36. The maximum Gasteiger partial charge on any atom is 0.243 e. The van der Waals surface area contributed by atoms with Crippen molar-refractivity contribution in [1.82, 2.24) is 9.29 Å². The molecule has 0 radical (unpaired) electrons. The van der Waals surface area contributed by atoms with E-state index in [1.165, 1.54) is 21.7 Å². The van der Waals surface area contributed by atoms with Gasteiger partial charge in [0.05, 0.1) is 24.8 Å². The average Bonchev–Trinajstić information content (AvgIpc) is 3.28. The van der Waals surface area contributed by atoms with Gasteiger partial charge in [0, 0.05) is 48.2 Å². The summed E-state index contributed by atoms with van der Waals surface area (Å²) in [4.78, 5) is 7.09. The first-order valence-corrected chi connectivity index (χ1v) is 12.3. The van der Waals surface area contributed by atoms with E-state index in [4.69, 9.17) is 26.1 Å². The van der Waals surface area contributed by atoms with E-state index >= 15 is 0 Å². The van der Waals surface area contributed by atoms with Gasteiger partial charge in [-0.25, -0.2) is 13.4 Å². The quantitative estimate of drug-likeness (QED) is 0.532. The Bertz CT molecular complexity index is 1170. The standard InChI is InChI=1S/C21H22ClN3O4S2/c1-28-16-6-7-18(20(13-16)29-2)19-14-30-21(23-19)24-8-10-25(11-9-24)31(26,27)17-5-3-4-15(22)12-17/h3-7,12-14H,8-11H2,1-2H3. The largest absolute Gasteiger partial charge is 0.497 e. The molecule has 1 aliphatic heterocycles. The number of aromatic nitrogens is 1. The lowest BCUT2D eigenvalue weighted by molar-refractivity contribution is 0.384. The van der Waals surface area contributed by atoms with Gasteiger partial charge in [-0.05, 0) is 30.3 Å². The van der Waals surface area contributed by atoms with Crippen LogP contribution in [0.5, 0.6) is 11.5 Å². The predicted octanol–water partition coefficient (Wildman–Crippen LogP) is 3.99. The lowest BCUT2D eigenvalue weighted by Crippen LogP contribution is -2.48. The van der Waals surface area contributed by atoms with Crippen molar-refractivity contribution in [2.24, 2.45) is 0 Å². The maximum absolute atomic E-state index is 12.9. The minimum Gasteiger partial charge on any atom is -0.497 e. The third kappa shape index (κ3) is 4.50. The van der Waals surface area contributed by atoms with Crippen molar-refractivity contribution in [1.29, 1.82) is 0 Å². The Morgan fingerprint density at radius 1 is 1.03 bits per heavy atom. The molecular weight excluding hydrogens is 458 g/mol. The Labute approximate surface area is 190 Å². The average molecular weight is 480 g/mol. The first kappa shape index (κ1) is 21.9. The second-order valence-electron chi connectivity index (χ2n) is 6.93. The minimum absolute atomic E-state index is 0.219. The predicted molar refractivity (Wildman–Crippen MR) is 123 cm³/mol. The number of hydrogen-bond donors (Lipinski definition) is 0. The first-order valence-electron chi connectivity index (χ1n) is 9.61. The summed E-state index contributed by atoms with van der Waals surface area (Å²) in [5.41, 5.74) is 1.70. The van der Waals surface area contributed by atoms with Crippen LogP contribution in [0.25, 0.3) is 11.3 Å². The number of hydrogen-bond acceptors (Lipinski definition) is 7. The fourth-order valence-electron chi connectivity index (χ4n) is 3.44. The summed E-state index contributed by atoms with van der Waals surface area (Å²) < 4.78 is 38.1. The number of halogens is 1. The van der Waals surface area contributed by atoms with Crippen LogP contribution >= 0.6 is 22.9 Å². The fourth-order valence-corrected chi connectivity index (χ4v) is 6.04. The van der Waals surface area contributed by atoms with Gasteiger partial charge in [0.15, 0.2) is 5.13 Å². The van der Waals surface area contributed by atoms with E-state index in [1.807, 2.05) is 23.6 Å². The third-order valence-corrected chi connectivity index (χ3v) is 8.15. The fraction of sp³-hybridized carbons (Fsp3) is 0.286. The molecule has 1 aromatic heterocycles. The number of benzene rings is 2. The molecule has 0 spiro atoms. The number of anilines is 1. The van der Waals surface area contributed by atoms with E-state index in [9.17, 15) is 8.42 Å². The number of rotatable bonds is 6. The molecule has 2 heterocycles. The van der Waals surface area contributed by atoms with Gasteiger partial charge in [-0.15, -0.1) is 11.3 Å². The van der Waals surface area contributed by atoms with Gasteiger partial charge in [-0.2, -0.15) is 4.31 Å². The lowest BCUT2D eigenvalue weighted by Gasteiger charge is -2.33. The molecule has 0 atom stereocenters. The van der Waals surface area contributed by atoms with Crippen LogP contribution in [0.15, 0.2) is 52.7 Å². The zero-order valence-corrected chi connectivity index (χ0v) is 19.5. The highest BCUT2D eigenvalue weighted by atomic mass is 35.5. The lowest BCUT2D eigenvalue weighted by atomic mass is 10.1. The molecule has 164 valence electrons. The molecule has 4 rings (SSSR count). The summed E-state index contributed by atoms with van der Waals surface area (Å²) in [5, 5.41) is 3.24. The van der Waals surface area contributed by atoms with Crippen molar-refractivity contribution in [2.45, 2.75) is 4.90 Å². The van der Waals surface area contributed by atoms with E-state index in [1.54, 1.807) is 32.4 Å². The zero-order chi connectivity index (χ0) is 22.0. The van der Waals surface area contributed by atoms with Crippen molar-refractivity contribution < 1.29 is 17.9 Å². The summed E-state index contributed by atoms with van der Waals surface area (Å²) in [6.45, 7) is 1.89. The van der Waals surface area contributed by atoms with Gasteiger partial charge in [-0.1, -0.05) is 17.7 Å². The third-order valence-electron chi connectivity index (χ3n) is 5.12. The van der Waals surface area contributed by atoms with Crippen LogP contribution in [0.4, 0.5) is 5.13 Å². The number of sulfonamides is 1. The van der Waals surface area contributed by atoms with Gasteiger partial charge in [0.25, 0.3) is 0 Å². The smallest absolute Gasteiger partial charge is 0.243 e. The number of methoxy groups -OCH3 is 2. The van der Waals surface area contributed by atoms with Crippen LogP contribution in [0.2, 0.25) is 5.02 Å². The topological polar surface area (TPSA) is 72.0 Å². The van der Waals surface area contributed by atoms with Gasteiger partial charge < -0.3 is 14.4 Å². The van der Waals surface area contributed by atoms with Crippen LogP contribution in [-0.2, 0) is 10.0 Å². The molecule has 1 fully saturated rings. The maximum atomic E-state index is 12.9. The zero-order valence-electron chi connectivity index (χ0n) is 17.1. The molecule has 1 aliphatic rings. The summed E-state index contributed by atoms with van der Waals surface area (Å²) >= 11 is 7.50. The number of ether oxygens (including phenoxy) is 2. The molecule has 0 aliphatic carbocycles. The molecule has 0 bridgehead atoms. The van der Waals surface area contributed by atoms with Gasteiger partial charge >= 0.3 is 0 Å². The molecular formula is C21H22ClN3O4S2. The van der Waals surface area contributed by atoms with Crippen LogP contribution in [-0.4, -0.2) is 58.1 Å². The van der Waals surface area contributed by atoms with Crippen LogP contribution < -0.4 is 14.4 Å². The van der Waals surface area contributed by atoms with Gasteiger partial charge in [0.1, 0.15) is 11.5 Å². The molecule has 31 heavy (non-hydrogen) atoms. The van der Waals surface area contributed by atoms with Crippen molar-refractivity contribution in [3.63, 3.8) is 0 Å². The minimum atomic E-state index is -3.57. The van der Waals surface area contributed by atoms with E-state index < -0.39 is 10.0 Å². The summed E-state index contributed by atoms with van der Waals surface area (Å²) in [5.74, 6) is 1.40. The molecule has 2 aromatic carbocycles. The van der Waals surface area contributed by atoms with E-state index in [2.05, 4.69) is 4.90 Å². The normalized spacial score (nSPS) is 15.1. The molecule has 0 amide bonds. The molecule has 1 saturated heterocycles. The van der Waals surface area contributed by atoms with Gasteiger partial charge in [-0.3, -0.25) is 0 Å². The summed E-state index contributed by atoms with van der Waals surface area (Å²) in [6, 6.07) is 12.0. The number of nitrogens with zero attached hydrogens (tertiary/aromatic N) is 3. The van der Waals surface area contributed by atoms with Crippen molar-refractivity contribution in [3.05, 3.63) is 52.9 Å². The molecule has 0 saturated carbocycles. The second-order valence-corrected chi connectivity index (χ2v) is 10.1. The first-order chi connectivity index (χ1) is 14.9. The summed E-state index contributed by atoms with van der Waals surface area (Å²) in [7, 11) is -0.338. The number of thiazole rings is 1. The van der Waals surface area contributed by atoms with E-state index in [-0.39, 0.29) is 4.90 Å². The number of piperazine rings is 1.